The van der Waals surface area contributed by atoms with Crippen molar-refractivity contribution >= 4 is 48.9 Å². The molecule has 1 fully saturated rings. The maximum Gasteiger partial charge on any atom is 0.247 e. The number of amides is 1. The van der Waals surface area contributed by atoms with E-state index in [1.165, 1.54) is 60.8 Å². The minimum Gasteiger partial charge on any atom is -0.495 e. The largest absolute Gasteiger partial charge is 0.495 e. The van der Waals surface area contributed by atoms with Crippen molar-refractivity contribution in [1.82, 2.24) is 4.31 Å². The summed E-state index contributed by atoms with van der Waals surface area (Å²) in [6.45, 7) is 2.44. The van der Waals surface area contributed by atoms with Gasteiger partial charge in [0.25, 0.3) is 0 Å². The van der Waals surface area contributed by atoms with Crippen LogP contribution >= 0.6 is 11.6 Å². The van der Waals surface area contributed by atoms with E-state index >= 15 is 0 Å². The van der Waals surface area contributed by atoms with Crippen LogP contribution in [0.3, 0.4) is 0 Å². The zero-order chi connectivity index (χ0) is 24.4. The van der Waals surface area contributed by atoms with Crippen molar-refractivity contribution in [1.29, 1.82) is 0 Å². The molecule has 0 saturated carbocycles. The van der Waals surface area contributed by atoms with Crippen molar-refractivity contribution < 1.29 is 26.4 Å². The van der Waals surface area contributed by atoms with E-state index in [1.807, 2.05) is 0 Å². The van der Waals surface area contributed by atoms with E-state index < -0.39 is 32.0 Å². The maximum atomic E-state index is 12.9. The third kappa shape index (κ3) is 5.60. The molecule has 0 spiro atoms. The number of hydrogen-bond donors (Lipinski definition) is 1. The standard InChI is InChI=1S/C21H26ClN3O6S2/c1-15(25(32(3,27)28)17-8-11-20(31-2)19(22)14-17)21(26)23-16-6-9-18(10-7-16)33(29,30)24-12-4-5-13-24/h6-11,14-15H,4-5,12-13H2,1-3H3,(H,23,26)/t15-/m1/s1. The lowest BCUT2D eigenvalue weighted by Crippen LogP contribution is -2.45. The summed E-state index contributed by atoms with van der Waals surface area (Å²) >= 11 is 6.14. The number of nitrogens with zero attached hydrogens (tertiary/aromatic N) is 2. The predicted octanol–water partition coefficient (Wildman–Crippen LogP) is 2.93. The topological polar surface area (TPSA) is 113 Å². The van der Waals surface area contributed by atoms with Crippen LogP contribution in [0.5, 0.6) is 5.75 Å². The van der Waals surface area contributed by atoms with Gasteiger partial charge in [0, 0.05) is 18.8 Å². The molecule has 9 nitrogen and oxygen atoms in total. The molecular weight excluding hydrogens is 490 g/mol. The third-order valence-corrected chi connectivity index (χ3v) is 8.75. The quantitative estimate of drug-likeness (QED) is 0.578. The average Bonchev–Trinajstić information content (AvgIpc) is 3.29. The molecule has 0 aliphatic carbocycles. The SMILES string of the molecule is COc1ccc(N([C@H](C)C(=O)Nc2ccc(S(=O)(=O)N3CCCC3)cc2)S(C)(=O)=O)cc1Cl. The number of ether oxygens (including phenoxy) is 1. The summed E-state index contributed by atoms with van der Waals surface area (Å²) in [7, 11) is -5.97. The molecule has 0 radical (unpaired) electrons. The van der Waals surface area contributed by atoms with Crippen LogP contribution in [0.1, 0.15) is 19.8 Å². The van der Waals surface area contributed by atoms with Crippen LogP contribution in [0, 0.1) is 0 Å². The summed E-state index contributed by atoms with van der Waals surface area (Å²) in [6.07, 6.45) is 2.66. The second kappa shape index (κ2) is 9.88. The van der Waals surface area contributed by atoms with Gasteiger partial charge in [0.05, 0.1) is 29.0 Å². The van der Waals surface area contributed by atoms with Crippen molar-refractivity contribution in [2.45, 2.75) is 30.7 Å². The highest BCUT2D eigenvalue weighted by Crippen LogP contribution is 2.31. The Morgan fingerprint density at radius 1 is 1.09 bits per heavy atom. The van der Waals surface area contributed by atoms with E-state index in [4.69, 9.17) is 16.3 Å². The number of rotatable bonds is 8. The number of hydrogen-bond acceptors (Lipinski definition) is 6. The number of carbonyl (C=O) groups is 1. The lowest BCUT2D eigenvalue weighted by Gasteiger charge is -2.28. The number of benzene rings is 2. The third-order valence-electron chi connectivity index (χ3n) is 5.30. The highest BCUT2D eigenvalue weighted by molar-refractivity contribution is 7.92. The van der Waals surface area contributed by atoms with Crippen LogP contribution in [-0.2, 0) is 24.8 Å². The van der Waals surface area contributed by atoms with Crippen LogP contribution in [0.25, 0.3) is 0 Å². The zero-order valence-electron chi connectivity index (χ0n) is 18.5. The predicted molar refractivity (Wildman–Crippen MR) is 128 cm³/mol. The lowest BCUT2D eigenvalue weighted by molar-refractivity contribution is -0.116. The Hall–Kier alpha value is -2.34. The van der Waals surface area contributed by atoms with Crippen molar-refractivity contribution in [2.24, 2.45) is 0 Å². The second-order valence-corrected chi connectivity index (χ2v) is 11.9. The molecule has 12 heteroatoms. The Morgan fingerprint density at radius 3 is 2.21 bits per heavy atom. The summed E-state index contributed by atoms with van der Waals surface area (Å²) in [4.78, 5) is 13.0. The van der Waals surface area contributed by atoms with Crippen LogP contribution in [-0.4, -0.2) is 59.5 Å². The summed E-state index contributed by atoms with van der Waals surface area (Å²) in [6, 6.07) is 9.09. The fourth-order valence-corrected chi connectivity index (χ4v) is 6.57. The van der Waals surface area contributed by atoms with E-state index in [-0.39, 0.29) is 15.6 Å². The molecule has 0 unspecified atom stereocenters. The monoisotopic (exact) mass is 515 g/mol. The van der Waals surface area contributed by atoms with Gasteiger partial charge in [-0.15, -0.1) is 0 Å². The van der Waals surface area contributed by atoms with Gasteiger partial charge >= 0.3 is 0 Å². The van der Waals surface area contributed by atoms with Crippen LogP contribution < -0.4 is 14.4 Å². The molecule has 0 bridgehead atoms. The van der Waals surface area contributed by atoms with E-state index in [0.717, 1.165) is 23.4 Å². The highest BCUT2D eigenvalue weighted by Gasteiger charge is 2.30. The summed E-state index contributed by atoms with van der Waals surface area (Å²) in [5.41, 5.74) is 0.548. The van der Waals surface area contributed by atoms with E-state index in [2.05, 4.69) is 5.32 Å². The number of sulfonamides is 2. The van der Waals surface area contributed by atoms with Gasteiger partial charge in [-0.3, -0.25) is 9.10 Å². The van der Waals surface area contributed by atoms with Gasteiger partial charge in [0.1, 0.15) is 11.8 Å². The molecule has 1 atom stereocenters. The Kier molecular flexibility index (Phi) is 7.57. The molecular formula is C21H26ClN3O6S2. The minimum atomic E-state index is -3.84. The molecule has 1 aliphatic rings. The maximum absolute atomic E-state index is 12.9. The van der Waals surface area contributed by atoms with Gasteiger partial charge in [0.2, 0.25) is 26.0 Å². The molecule has 1 amide bonds. The van der Waals surface area contributed by atoms with Crippen LogP contribution in [0.15, 0.2) is 47.4 Å². The second-order valence-electron chi connectivity index (χ2n) is 7.68. The number of nitrogens with one attached hydrogen (secondary N) is 1. The van der Waals surface area contributed by atoms with Gasteiger partial charge < -0.3 is 10.1 Å². The van der Waals surface area contributed by atoms with Gasteiger partial charge in [-0.1, -0.05) is 11.6 Å². The normalized spacial score (nSPS) is 15.8. The minimum absolute atomic E-state index is 0.140. The van der Waals surface area contributed by atoms with Crippen LogP contribution in [0.4, 0.5) is 11.4 Å². The number of anilines is 2. The van der Waals surface area contributed by atoms with Crippen molar-refractivity contribution in [2.75, 3.05) is 36.1 Å². The van der Waals surface area contributed by atoms with Gasteiger partial charge in [0.15, 0.2) is 0 Å². The molecule has 2 aromatic carbocycles. The first kappa shape index (κ1) is 25.3. The Bertz CT molecular complexity index is 1230. The number of methoxy groups -OCH3 is 1. The summed E-state index contributed by atoms with van der Waals surface area (Å²) in [5, 5.41) is 2.84. The Labute approximate surface area is 199 Å². The van der Waals surface area contributed by atoms with E-state index in [0.29, 0.717) is 24.5 Å². The first-order valence-electron chi connectivity index (χ1n) is 10.2. The zero-order valence-corrected chi connectivity index (χ0v) is 20.9. The highest BCUT2D eigenvalue weighted by atomic mass is 35.5. The van der Waals surface area contributed by atoms with E-state index in [9.17, 15) is 21.6 Å². The molecule has 1 N–H and O–H groups in total. The fraction of sp³-hybridized carbons (Fsp3) is 0.381. The molecule has 1 saturated heterocycles. The fourth-order valence-electron chi connectivity index (χ4n) is 3.64. The number of carbonyl (C=O) groups excluding carboxylic acids is 1. The van der Waals surface area contributed by atoms with Crippen molar-refractivity contribution in [3.63, 3.8) is 0 Å². The first-order valence-corrected chi connectivity index (χ1v) is 13.9. The molecule has 0 aromatic heterocycles. The van der Waals surface area contributed by atoms with E-state index in [1.54, 1.807) is 0 Å². The van der Waals surface area contributed by atoms with Gasteiger partial charge in [-0.05, 0) is 62.2 Å². The van der Waals surface area contributed by atoms with Crippen molar-refractivity contribution in [3.8, 4) is 5.75 Å². The van der Waals surface area contributed by atoms with Crippen molar-refractivity contribution in [3.05, 3.63) is 47.5 Å². The molecule has 33 heavy (non-hydrogen) atoms. The summed E-state index contributed by atoms with van der Waals surface area (Å²) in [5.74, 6) is -0.225. The van der Waals surface area contributed by atoms with Gasteiger partial charge in [-0.25, -0.2) is 16.8 Å². The Morgan fingerprint density at radius 2 is 1.70 bits per heavy atom. The first-order chi connectivity index (χ1) is 15.4. The molecule has 3 rings (SSSR count). The number of halogens is 1. The lowest BCUT2D eigenvalue weighted by atomic mass is 10.2. The van der Waals surface area contributed by atoms with Gasteiger partial charge in [-0.2, -0.15) is 4.31 Å². The Balaban J connectivity index is 1.79. The molecule has 180 valence electrons. The molecule has 2 aromatic rings. The molecule has 1 heterocycles. The summed E-state index contributed by atoms with van der Waals surface area (Å²) < 4.78 is 57.7. The average molecular weight is 516 g/mol. The van der Waals surface area contributed by atoms with Crippen LogP contribution in [0.2, 0.25) is 5.02 Å². The smallest absolute Gasteiger partial charge is 0.247 e. The molecule has 1 aliphatic heterocycles.